The average Bonchev–Trinajstić information content (AvgIpc) is 3.54. The molecular weight excluding hydrogens is 497 g/mol. The van der Waals surface area contributed by atoms with E-state index in [0.29, 0.717) is 15.5 Å². The van der Waals surface area contributed by atoms with E-state index >= 15 is 0 Å². The quantitative estimate of drug-likeness (QED) is 0.363. The number of nitrogens with one attached hydrogen (secondary N) is 1. The second kappa shape index (κ2) is 8.79. The van der Waals surface area contributed by atoms with E-state index in [1.54, 1.807) is 6.07 Å². The lowest BCUT2D eigenvalue weighted by Gasteiger charge is -2.15. The maximum absolute atomic E-state index is 14.2. The van der Waals surface area contributed by atoms with Crippen molar-refractivity contribution in [1.82, 2.24) is 34.7 Å². The lowest BCUT2D eigenvalue weighted by Crippen LogP contribution is -2.21. The number of terminal acetylenes is 1. The first kappa shape index (κ1) is 23.0. The van der Waals surface area contributed by atoms with Crippen LogP contribution in [0.5, 0.6) is 0 Å². The smallest absolute Gasteiger partial charge is 0.320 e. The van der Waals surface area contributed by atoms with Gasteiger partial charge in [0.05, 0.1) is 46.7 Å². The molecule has 4 heterocycles. The highest BCUT2D eigenvalue weighted by Gasteiger charge is 2.41. The molecule has 0 saturated heterocycles. The van der Waals surface area contributed by atoms with Gasteiger partial charge < -0.3 is 5.32 Å². The molecule has 4 aromatic heterocycles. The minimum absolute atomic E-state index is 0.0664. The molecule has 0 radical (unpaired) electrons. The van der Waals surface area contributed by atoms with Gasteiger partial charge in [0, 0.05) is 17.0 Å². The summed E-state index contributed by atoms with van der Waals surface area (Å²) in [7, 11) is 0. The zero-order valence-corrected chi connectivity index (χ0v) is 18.7. The maximum atomic E-state index is 14.2. The van der Waals surface area contributed by atoms with Crippen LogP contribution in [0.25, 0.3) is 22.3 Å². The predicted octanol–water partition coefficient (Wildman–Crippen LogP) is 4.30. The number of anilines is 1. The summed E-state index contributed by atoms with van der Waals surface area (Å²) in [5.41, 5.74) is -1.54. The van der Waals surface area contributed by atoms with Gasteiger partial charge in [-0.05, 0) is 24.1 Å². The van der Waals surface area contributed by atoms with Crippen LogP contribution < -0.4 is 5.32 Å². The summed E-state index contributed by atoms with van der Waals surface area (Å²) in [4.78, 5) is 22.2. The van der Waals surface area contributed by atoms with Gasteiger partial charge in [-0.2, -0.15) is 28.5 Å². The standard InChI is InChI=1S/C23H12ClF3N8O/c1-2-18-14-4-3-5-19(15(14)6-7-28-18)34-20(23(25,26)27)16(12-32-34)22(36)33-13-10-17(24)21(29-11-13)35-30-8-9-31-35/h1,3-12H,(H,33,36). The number of nitrogens with zero attached hydrogens (tertiary/aromatic N) is 7. The lowest BCUT2D eigenvalue weighted by molar-refractivity contribution is -0.143. The summed E-state index contributed by atoms with van der Waals surface area (Å²) >= 11 is 6.19. The molecule has 5 aromatic rings. The molecule has 0 spiro atoms. The molecule has 0 aliphatic rings. The van der Waals surface area contributed by atoms with Gasteiger partial charge in [-0.3, -0.25) is 4.79 Å². The molecule has 0 aliphatic heterocycles. The molecular formula is C23H12ClF3N8O. The monoisotopic (exact) mass is 508 g/mol. The number of alkyl halides is 3. The van der Waals surface area contributed by atoms with Crippen molar-refractivity contribution in [2.24, 2.45) is 0 Å². The SMILES string of the molecule is C#Cc1nccc2c(-n3ncc(C(=O)Nc4cnc(-n5nccn5)c(Cl)c4)c3C(F)(F)F)cccc12. The van der Waals surface area contributed by atoms with E-state index < -0.39 is 23.3 Å². The van der Waals surface area contributed by atoms with Crippen LogP contribution in [0.3, 0.4) is 0 Å². The molecule has 0 bridgehead atoms. The first-order chi connectivity index (χ1) is 17.3. The van der Waals surface area contributed by atoms with Crippen molar-refractivity contribution >= 4 is 34.0 Å². The van der Waals surface area contributed by atoms with Crippen LogP contribution in [0, 0.1) is 12.3 Å². The third kappa shape index (κ3) is 4.01. The second-order valence-electron chi connectivity index (χ2n) is 7.29. The molecule has 0 unspecified atom stereocenters. The third-order valence-electron chi connectivity index (χ3n) is 5.12. The molecule has 1 N–H and O–H groups in total. The van der Waals surface area contributed by atoms with Crippen molar-refractivity contribution < 1.29 is 18.0 Å². The van der Waals surface area contributed by atoms with Crippen LogP contribution >= 0.6 is 11.6 Å². The van der Waals surface area contributed by atoms with Crippen LogP contribution in [-0.4, -0.2) is 40.6 Å². The number of amides is 1. The molecule has 0 saturated carbocycles. The van der Waals surface area contributed by atoms with E-state index in [1.165, 1.54) is 49.1 Å². The van der Waals surface area contributed by atoms with Gasteiger partial charge >= 0.3 is 6.18 Å². The zero-order valence-electron chi connectivity index (χ0n) is 17.9. The van der Waals surface area contributed by atoms with E-state index in [-0.39, 0.29) is 27.9 Å². The summed E-state index contributed by atoms with van der Waals surface area (Å²) in [5, 5.41) is 15.0. The van der Waals surface area contributed by atoms with Gasteiger partial charge in [0.1, 0.15) is 5.69 Å². The first-order valence-corrected chi connectivity index (χ1v) is 10.5. The summed E-state index contributed by atoms with van der Waals surface area (Å²) in [6.07, 6.45) is 6.86. The van der Waals surface area contributed by atoms with Crippen LogP contribution in [0.4, 0.5) is 18.9 Å². The molecule has 178 valence electrons. The molecule has 0 aliphatic carbocycles. The number of hydrogen-bond acceptors (Lipinski definition) is 6. The zero-order chi connectivity index (χ0) is 25.4. The molecule has 0 atom stereocenters. The van der Waals surface area contributed by atoms with E-state index in [0.717, 1.165) is 11.0 Å². The Bertz CT molecular complexity index is 1650. The van der Waals surface area contributed by atoms with E-state index in [2.05, 4.69) is 36.5 Å². The molecule has 1 amide bonds. The molecule has 0 fully saturated rings. The predicted molar refractivity (Wildman–Crippen MR) is 124 cm³/mol. The Hall–Kier alpha value is -4.76. The van der Waals surface area contributed by atoms with E-state index in [4.69, 9.17) is 18.0 Å². The number of carbonyl (C=O) groups excluding carboxylic acids is 1. The molecule has 9 nitrogen and oxygen atoms in total. The van der Waals surface area contributed by atoms with Gasteiger partial charge in [-0.15, -0.1) is 11.2 Å². The van der Waals surface area contributed by atoms with Gasteiger partial charge in [-0.25, -0.2) is 14.6 Å². The van der Waals surface area contributed by atoms with Crippen molar-refractivity contribution in [3.8, 4) is 23.8 Å². The number of hydrogen-bond donors (Lipinski definition) is 1. The fourth-order valence-electron chi connectivity index (χ4n) is 3.63. The normalized spacial score (nSPS) is 11.4. The van der Waals surface area contributed by atoms with Gasteiger partial charge in [0.2, 0.25) is 0 Å². The molecule has 5 rings (SSSR count). The number of benzene rings is 1. The summed E-state index contributed by atoms with van der Waals surface area (Å²) in [6, 6.07) is 7.47. The summed E-state index contributed by atoms with van der Waals surface area (Å²) < 4.78 is 43.3. The topological polar surface area (TPSA) is 103 Å². The van der Waals surface area contributed by atoms with Gasteiger partial charge in [0.15, 0.2) is 11.5 Å². The van der Waals surface area contributed by atoms with Crippen molar-refractivity contribution in [3.63, 3.8) is 0 Å². The second-order valence-corrected chi connectivity index (χ2v) is 7.70. The Balaban J connectivity index is 1.55. The Morgan fingerprint density at radius 2 is 1.81 bits per heavy atom. The Morgan fingerprint density at radius 3 is 2.50 bits per heavy atom. The minimum atomic E-state index is -4.92. The van der Waals surface area contributed by atoms with E-state index in [1.807, 2.05) is 0 Å². The van der Waals surface area contributed by atoms with Gasteiger partial charge in [0.25, 0.3) is 5.91 Å². The fraction of sp³-hybridized carbons (Fsp3) is 0.0435. The third-order valence-corrected chi connectivity index (χ3v) is 5.40. The first-order valence-electron chi connectivity index (χ1n) is 10.1. The van der Waals surface area contributed by atoms with Crippen LogP contribution in [-0.2, 0) is 6.18 Å². The van der Waals surface area contributed by atoms with Crippen LogP contribution in [0.2, 0.25) is 5.02 Å². The number of rotatable bonds is 4. The summed E-state index contributed by atoms with van der Waals surface area (Å²) in [5.74, 6) is 1.54. The molecule has 36 heavy (non-hydrogen) atoms. The van der Waals surface area contributed by atoms with E-state index in [9.17, 15) is 18.0 Å². The number of aromatic nitrogens is 7. The Labute approximate surface area is 205 Å². The molecule has 1 aromatic carbocycles. The highest BCUT2D eigenvalue weighted by atomic mass is 35.5. The van der Waals surface area contributed by atoms with Crippen LogP contribution in [0.15, 0.2) is 61.3 Å². The number of pyridine rings is 2. The largest absolute Gasteiger partial charge is 0.434 e. The Morgan fingerprint density at radius 1 is 1.03 bits per heavy atom. The Kier molecular flexibility index (Phi) is 5.62. The highest BCUT2D eigenvalue weighted by Crippen LogP contribution is 2.36. The highest BCUT2D eigenvalue weighted by molar-refractivity contribution is 6.32. The fourth-order valence-corrected chi connectivity index (χ4v) is 3.87. The number of fused-ring (bicyclic) bond motifs is 1. The van der Waals surface area contributed by atoms with Crippen molar-refractivity contribution in [2.45, 2.75) is 6.18 Å². The maximum Gasteiger partial charge on any atom is 0.434 e. The van der Waals surface area contributed by atoms with Crippen molar-refractivity contribution in [1.29, 1.82) is 0 Å². The average molecular weight is 509 g/mol. The minimum Gasteiger partial charge on any atom is -0.320 e. The number of carbonyl (C=O) groups is 1. The van der Waals surface area contributed by atoms with Crippen molar-refractivity contribution in [3.05, 3.63) is 83.3 Å². The van der Waals surface area contributed by atoms with Gasteiger partial charge in [-0.1, -0.05) is 23.7 Å². The van der Waals surface area contributed by atoms with Crippen molar-refractivity contribution in [2.75, 3.05) is 5.32 Å². The molecule has 13 heteroatoms. The number of halogens is 4. The summed E-state index contributed by atoms with van der Waals surface area (Å²) in [6.45, 7) is 0. The lowest BCUT2D eigenvalue weighted by atomic mass is 10.1. The van der Waals surface area contributed by atoms with Crippen LogP contribution in [0.1, 0.15) is 21.7 Å².